The molecule has 0 heterocycles. The first-order chi connectivity index (χ1) is 7.72. The summed E-state index contributed by atoms with van der Waals surface area (Å²) in [5.41, 5.74) is 1.33. The van der Waals surface area contributed by atoms with Crippen LogP contribution in [0.5, 0.6) is 0 Å². The molecule has 16 heavy (non-hydrogen) atoms. The van der Waals surface area contributed by atoms with Crippen LogP contribution in [0.15, 0.2) is 24.3 Å². The number of hydrogen-bond donors (Lipinski definition) is 1. The fourth-order valence-electron chi connectivity index (χ4n) is 2.42. The van der Waals surface area contributed by atoms with Gasteiger partial charge in [-0.25, -0.2) is 0 Å². The molecule has 1 aromatic rings. The van der Waals surface area contributed by atoms with E-state index in [0.717, 1.165) is 17.5 Å². The van der Waals surface area contributed by atoms with Crippen molar-refractivity contribution in [3.63, 3.8) is 0 Å². The maximum Gasteiger partial charge on any atom is 0.0409 e. The Bertz CT molecular complexity index is 346. The van der Waals surface area contributed by atoms with Crippen LogP contribution < -0.4 is 5.32 Å². The molecule has 0 aliphatic heterocycles. The van der Waals surface area contributed by atoms with Crippen LogP contribution in [-0.2, 0) is 0 Å². The molecule has 1 aliphatic carbocycles. The second-order valence-electron chi connectivity index (χ2n) is 4.79. The van der Waals surface area contributed by atoms with E-state index in [0.29, 0.717) is 12.0 Å². The summed E-state index contributed by atoms with van der Waals surface area (Å²) in [6, 6.07) is 8.71. The first-order valence-electron chi connectivity index (χ1n) is 6.21. The minimum Gasteiger partial charge on any atom is -0.310 e. The highest BCUT2D eigenvalue weighted by atomic mass is 35.5. The molecule has 0 saturated heterocycles. The zero-order valence-electron chi connectivity index (χ0n) is 10.0. The summed E-state index contributed by atoms with van der Waals surface area (Å²) < 4.78 is 0. The topological polar surface area (TPSA) is 12.0 Å². The summed E-state index contributed by atoms with van der Waals surface area (Å²) in [6.45, 7) is 5.53. The van der Waals surface area contributed by atoms with Crippen LogP contribution >= 0.6 is 11.6 Å². The van der Waals surface area contributed by atoms with Gasteiger partial charge in [-0.15, -0.1) is 0 Å². The molecule has 2 atom stereocenters. The minimum atomic E-state index is 0.455. The fraction of sp³-hybridized carbons (Fsp3) is 0.571. The van der Waals surface area contributed by atoms with Gasteiger partial charge in [0, 0.05) is 11.1 Å². The van der Waals surface area contributed by atoms with Crippen LogP contribution in [0, 0.1) is 11.8 Å². The average molecular weight is 238 g/mol. The Morgan fingerprint density at radius 1 is 1.44 bits per heavy atom. The summed E-state index contributed by atoms with van der Waals surface area (Å²) in [7, 11) is 0. The molecule has 0 spiro atoms. The van der Waals surface area contributed by atoms with Crippen LogP contribution in [0.3, 0.4) is 0 Å². The third-order valence-electron chi connectivity index (χ3n) is 3.52. The molecule has 0 bridgehead atoms. The summed E-state index contributed by atoms with van der Waals surface area (Å²) in [6.07, 6.45) is 2.78. The molecule has 1 saturated carbocycles. The van der Waals surface area contributed by atoms with Crippen molar-refractivity contribution in [2.24, 2.45) is 11.8 Å². The lowest BCUT2D eigenvalue weighted by atomic mass is 9.90. The highest BCUT2D eigenvalue weighted by Crippen LogP contribution is 2.42. The van der Waals surface area contributed by atoms with E-state index in [-0.39, 0.29) is 0 Å². The van der Waals surface area contributed by atoms with Gasteiger partial charge in [-0.3, -0.25) is 0 Å². The normalized spacial score (nSPS) is 19.4. The number of rotatable bonds is 5. The van der Waals surface area contributed by atoms with Crippen molar-refractivity contribution in [1.82, 2.24) is 5.32 Å². The second-order valence-corrected chi connectivity index (χ2v) is 5.22. The molecule has 1 aromatic carbocycles. The molecule has 88 valence electrons. The molecule has 1 aliphatic rings. The maximum absolute atomic E-state index is 6.06. The lowest BCUT2D eigenvalue weighted by molar-refractivity contribution is 0.355. The van der Waals surface area contributed by atoms with Gasteiger partial charge in [-0.1, -0.05) is 37.6 Å². The van der Waals surface area contributed by atoms with Gasteiger partial charge in [-0.2, -0.15) is 0 Å². The van der Waals surface area contributed by atoms with Gasteiger partial charge in [0.05, 0.1) is 0 Å². The number of nitrogens with one attached hydrogen (secondary N) is 1. The SMILES string of the molecule is CCNC(c1cccc(Cl)c1)C(C)C1CC1. The van der Waals surface area contributed by atoms with E-state index in [2.05, 4.69) is 31.3 Å². The van der Waals surface area contributed by atoms with Crippen molar-refractivity contribution in [3.05, 3.63) is 34.9 Å². The number of halogens is 1. The Hall–Kier alpha value is -0.530. The van der Waals surface area contributed by atoms with Crippen LogP contribution in [0.25, 0.3) is 0 Å². The smallest absolute Gasteiger partial charge is 0.0409 e. The van der Waals surface area contributed by atoms with E-state index in [1.165, 1.54) is 18.4 Å². The van der Waals surface area contributed by atoms with Crippen LogP contribution in [0.1, 0.15) is 38.3 Å². The lowest BCUT2D eigenvalue weighted by Crippen LogP contribution is -2.27. The predicted octanol–water partition coefficient (Wildman–Crippen LogP) is 4.04. The number of benzene rings is 1. The van der Waals surface area contributed by atoms with Crippen molar-refractivity contribution >= 4 is 11.6 Å². The largest absolute Gasteiger partial charge is 0.310 e. The van der Waals surface area contributed by atoms with Gasteiger partial charge < -0.3 is 5.32 Å². The maximum atomic E-state index is 6.06. The third kappa shape index (κ3) is 2.78. The Labute approximate surface area is 103 Å². The van der Waals surface area contributed by atoms with Gasteiger partial charge in [0.2, 0.25) is 0 Å². The lowest BCUT2D eigenvalue weighted by Gasteiger charge is -2.25. The van der Waals surface area contributed by atoms with Crippen molar-refractivity contribution in [3.8, 4) is 0 Å². The van der Waals surface area contributed by atoms with Crippen LogP contribution in [0.2, 0.25) is 5.02 Å². The standard InChI is InChI=1S/C14H20ClN/c1-3-16-14(10(2)11-7-8-11)12-5-4-6-13(15)9-12/h4-6,9-11,14,16H,3,7-8H2,1-2H3. The van der Waals surface area contributed by atoms with Crippen LogP contribution in [-0.4, -0.2) is 6.54 Å². The van der Waals surface area contributed by atoms with E-state index in [4.69, 9.17) is 11.6 Å². The predicted molar refractivity (Wildman–Crippen MR) is 69.8 cm³/mol. The fourth-order valence-corrected chi connectivity index (χ4v) is 2.62. The van der Waals surface area contributed by atoms with Crippen LogP contribution in [0.4, 0.5) is 0 Å². The quantitative estimate of drug-likeness (QED) is 0.815. The monoisotopic (exact) mass is 237 g/mol. The van der Waals surface area contributed by atoms with Crippen molar-refractivity contribution in [1.29, 1.82) is 0 Å². The van der Waals surface area contributed by atoms with E-state index in [9.17, 15) is 0 Å². The Morgan fingerprint density at radius 3 is 2.75 bits per heavy atom. The summed E-state index contributed by atoms with van der Waals surface area (Å²) >= 11 is 6.06. The first kappa shape index (κ1) is 11.9. The summed E-state index contributed by atoms with van der Waals surface area (Å²) in [5, 5.41) is 4.43. The molecule has 1 nitrogen and oxygen atoms in total. The molecule has 2 unspecified atom stereocenters. The van der Waals surface area contributed by atoms with Gasteiger partial charge in [0.1, 0.15) is 0 Å². The molecule has 2 heteroatoms. The highest BCUT2D eigenvalue weighted by Gasteiger charge is 2.33. The van der Waals surface area contributed by atoms with Gasteiger partial charge in [0.25, 0.3) is 0 Å². The number of hydrogen-bond acceptors (Lipinski definition) is 1. The van der Waals surface area contributed by atoms with Crippen molar-refractivity contribution in [2.45, 2.75) is 32.7 Å². The Morgan fingerprint density at radius 2 is 2.19 bits per heavy atom. The molecule has 0 amide bonds. The van der Waals surface area contributed by atoms with E-state index >= 15 is 0 Å². The third-order valence-corrected chi connectivity index (χ3v) is 3.76. The van der Waals surface area contributed by atoms with E-state index in [1.54, 1.807) is 0 Å². The molecule has 1 fully saturated rings. The highest BCUT2D eigenvalue weighted by molar-refractivity contribution is 6.30. The molecular formula is C14H20ClN. The Balaban J connectivity index is 2.17. The molecule has 0 radical (unpaired) electrons. The van der Waals surface area contributed by atoms with Gasteiger partial charge in [0.15, 0.2) is 0 Å². The zero-order chi connectivity index (χ0) is 11.5. The summed E-state index contributed by atoms with van der Waals surface area (Å²) in [4.78, 5) is 0. The van der Waals surface area contributed by atoms with E-state index < -0.39 is 0 Å². The zero-order valence-corrected chi connectivity index (χ0v) is 10.8. The molecule has 0 aromatic heterocycles. The van der Waals surface area contributed by atoms with Crippen molar-refractivity contribution < 1.29 is 0 Å². The molecule has 1 N–H and O–H groups in total. The molecule has 2 rings (SSSR count). The van der Waals surface area contributed by atoms with Gasteiger partial charge in [-0.05, 0) is 48.9 Å². The van der Waals surface area contributed by atoms with Crippen molar-refractivity contribution in [2.75, 3.05) is 6.54 Å². The Kier molecular flexibility index (Phi) is 3.88. The average Bonchev–Trinajstić information content (AvgIpc) is 3.08. The first-order valence-corrected chi connectivity index (χ1v) is 6.59. The minimum absolute atomic E-state index is 0.455. The molecular weight excluding hydrogens is 218 g/mol. The van der Waals surface area contributed by atoms with Gasteiger partial charge >= 0.3 is 0 Å². The van der Waals surface area contributed by atoms with E-state index in [1.807, 2.05) is 12.1 Å². The summed E-state index contributed by atoms with van der Waals surface area (Å²) in [5.74, 6) is 1.61. The second kappa shape index (κ2) is 5.20.